The highest BCUT2D eigenvalue weighted by atomic mass is 19.1. The summed E-state index contributed by atoms with van der Waals surface area (Å²) in [6, 6.07) is 16.5. The van der Waals surface area contributed by atoms with Crippen molar-refractivity contribution >= 4 is 16.8 Å². The van der Waals surface area contributed by atoms with Crippen molar-refractivity contribution in [1.82, 2.24) is 9.78 Å². The lowest BCUT2D eigenvalue weighted by Crippen LogP contribution is -2.05. The summed E-state index contributed by atoms with van der Waals surface area (Å²) in [5, 5.41) is 8.99. The minimum absolute atomic E-state index is 0.298. The van der Waals surface area contributed by atoms with Crippen LogP contribution in [-0.2, 0) is 6.42 Å². The molecule has 4 nitrogen and oxygen atoms in total. The van der Waals surface area contributed by atoms with E-state index in [1.54, 1.807) is 16.8 Å². The van der Waals surface area contributed by atoms with Gasteiger partial charge in [-0.05, 0) is 30.7 Å². The lowest BCUT2D eigenvalue weighted by molar-refractivity contribution is 0.608. The molecule has 1 N–H and O–H groups in total. The summed E-state index contributed by atoms with van der Waals surface area (Å²) in [7, 11) is 0. The molecule has 5 rings (SSSR count). The maximum atomic E-state index is 14.2. The summed E-state index contributed by atoms with van der Waals surface area (Å²) >= 11 is 0. The first-order valence-corrected chi connectivity index (χ1v) is 7.91. The van der Waals surface area contributed by atoms with Gasteiger partial charge in [-0.2, -0.15) is 5.10 Å². The Hall–Kier alpha value is -3.08. The highest BCUT2D eigenvalue weighted by Gasteiger charge is 2.26. The van der Waals surface area contributed by atoms with Gasteiger partial charge >= 0.3 is 0 Å². The second kappa shape index (κ2) is 4.96. The minimum Gasteiger partial charge on any atom is -0.454 e. The van der Waals surface area contributed by atoms with Crippen LogP contribution < -0.4 is 5.32 Å². The third-order valence-electron chi connectivity index (χ3n) is 4.39. The Balaban J connectivity index is 1.73. The van der Waals surface area contributed by atoms with Crippen LogP contribution in [0.1, 0.15) is 5.56 Å². The summed E-state index contributed by atoms with van der Waals surface area (Å²) in [6.07, 6.45) is 0.843. The minimum atomic E-state index is -0.298. The predicted molar refractivity (Wildman–Crippen MR) is 90.9 cm³/mol. The molecule has 0 atom stereocenters. The van der Waals surface area contributed by atoms with Gasteiger partial charge in [-0.15, -0.1) is 0 Å². The number of nitrogens with zero attached hydrogens (tertiary/aromatic N) is 2. The number of halogens is 1. The third-order valence-corrected chi connectivity index (χ3v) is 4.39. The van der Waals surface area contributed by atoms with Crippen molar-refractivity contribution in [2.24, 2.45) is 0 Å². The maximum absolute atomic E-state index is 14.2. The molecular weight excluding hydrogens is 305 g/mol. The zero-order chi connectivity index (χ0) is 16.1. The third kappa shape index (κ3) is 1.88. The topological polar surface area (TPSA) is 43.0 Å². The Kier molecular flexibility index (Phi) is 2.76. The van der Waals surface area contributed by atoms with Crippen LogP contribution in [0.15, 0.2) is 59.0 Å². The van der Waals surface area contributed by atoms with Gasteiger partial charge in [0.15, 0.2) is 5.76 Å². The molecule has 0 bridgehead atoms. The van der Waals surface area contributed by atoms with Crippen molar-refractivity contribution in [3.05, 3.63) is 66.0 Å². The van der Waals surface area contributed by atoms with Crippen LogP contribution in [0.3, 0.4) is 0 Å². The predicted octanol–water partition coefficient (Wildman–Crippen LogP) is 4.39. The molecule has 0 spiro atoms. The van der Waals surface area contributed by atoms with Crippen LogP contribution in [0, 0.1) is 5.82 Å². The molecule has 3 heterocycles. The summed E-state index contributed by atoms with van der Waals surface area (Å²) < 4.78 is 21.8. The summed E-state index contributed by atoms with van der Waals surface area (Å²) in [4.78, 5) is 0. The van der Waals surface area contributed by atoms with Crippen molar-refractivity contribution in [3.8, 4) is 17.1 Å². The van der Waals surface area contributed by atoms with Gasteiger partial charge in [0, 0.05) is 17.5 Å². The van der Waals surface area contributed by atoms with Crippen molar-refractivity contribution in [3.63, 3.8) is 0 Å². The van der Waals surface area contributed by atoms with Gasteiger partial charge < -0.3 is 9.73 Å². The first-order valence-electron chi connectivity index (χ1n) is 7.91. The molecule has 118 valence electrons. The zero-order valence-electron chi connectivity index (χ0n) is 12.8. The van der Waals surface area contributed by atoms with Crippen molar-refractivity contribution in [2.75, 3.05) is 11.9 Å². The van der Waals surface area contributed by atoms with E-state index < -0.39 is 0 Å². The van der Waals surface area contributed by atoms with Crippen molar-refractivity contribution in [2.45, 2.75) is 6.42 Å². The summed E-state index contributed by atoms with van der Waals surface area (Å²) in [6.45, 7) is 0.814. The number of fused-ring (bicyclic) bond motifs is 2. The molecular formula is C19H14FN3O. The number of anilines is 1. The van der Waals surface area contributed by atoms with Crippen molar-refractivity contribution in [1.29, 1.82) is 0 Å². The summed E-state index contributed by atoms with van der Waals surface area (Å²) in [5.74, 6) is 1.26. The Morgan fingerprint density at radius 1 is 1.08 bits per heavy atom. The van der Waals surface area contributed by atoms with Gasteiger partial charge in [-0.3, -0.25) is 0 Å². The lowest BCUT2D eigenvalue weighted by atomic mass is 10.1. The first kappa shape index (κ1) is 13.4. The Bertz CT molecular complexity index is 1030. The molecule has 0 unspecified atom stereocenters. The molecule has 4 aromatic rings. The van der Waals surface area contributed by atoms with Gasteiger partial charge in [-0.25, -0.2) is 9.07 Å². The number of hydrogen-bond donors (Lipinski definition) is 1. The lowest BCUT2D eigenvalue weighted by Gasteiger charge is -2.06. The van der Waals surface area contributed by atoms with E-state index in [0.29, 0.717) is 11.4 Å². The zero-order valence-corrected chi connectivity index (χ0v) is 12.8. The molecule has 0 saturated heterocycles. The summed E-state index contributed by atoms with van der Waals surface area (Å²) in [5.41, 5.74) is 3.10. The number of furan rings is 1. The molecule has 0 fully saturated rings. The molecule has 0 aliphatic carbocycles. The highest BCUT2D eigenvalue weighted by molar-refractivity contribution is 5.83. The van der Waals surface area contributed by atoms with Gasteiger partial charge in [0.1, 0.15) is 28.6 Å². The Labute approximate surface area is 137 Å². The van der Waals surface area contributed by atoms with Crippen LogP contribution in [0.25, 0.3) is 28.1 Å². The number of aromatic nitrogens is 2. The molecule has 0 amide bonds. The monoisotopic (exact) mass is 319 g/mol. The highest BCUT2D eigenvalue weighted by Crippen LogP contribution is 2.37. The van der Waals surface area contributed by atoms with Gasteiger partial charge in [0.05, 0.1) is 0 Å². The molecule has 5 heteroatoms. The van der Waals surface area contributed by atoms with Crippen LogP contribution in [0.2, 0.25) is 0 Å². The van der Waals surface area contributed by atoms with E-state index in [2.05, 4.69) is 10.4 Å². The van der Waals surface area contributed by atoms with Crippen LogP contribution >= 0.6 is 0 Å². The maximum Gasteiger partial charge on any atom is 0.156 e. The fourth-order valence-electron chi connectivity index (χ4n) is 3.27. The molecule has 24 heavy (non-hydrogen) atoms. The average Bonchev–Trinajstić information content (AvgIpc) is 3.29. The van der Waals surface area contributed by atoms with E-state index in [1.807, 2.05) is 36.4 Å². The SMILES string of the molecule is Fc1ccccc1-n1nc(-c2cc3ccccc3o2)c2c1NCC2. The van der Waals surface area contributed by atoms with E-state index in [-0.39, 0.29) is 5.82 Å². The van der Waals surface area contributed by atoms with E-state index in [0.717, 1.165) is 41.0 Å². The van der Waals surface area contributed by atoms with E-state index in [4.69, 9.17) is 4.42 Å². The number of nitrogens with one attached hydrogen (secondary N) is 1. The van der Waals surface area contributed by atoms with Gasteiger partial charge in [0.25, 0.3) is 0 Å². The molecule has 1 aliphatic heterocycles. The fraction of sp³-hybridized carbons (Fsp3) is 0.105. The van der Waals surface area contributed by atoms with E-state index in [1.165, 1.54) is 6.07 Å². The largest absolute Gasteiger partial charge is 0.454 e. The fourth-order valence-corrected chi connectivity index (χ4v) is 3.27. The van der Waals surface area contributed by atoms with Crippen LogP contribution in [0.5, 0.6) is 0 Å². The molecule has 0 radical (unpaired) electrons. The first-order chi connectivity index (χ1) is 11.8. The number of rotatable bonds is 2. The second-order valence-corrected chi connectivity index (χ2v) is 5.86. The standard InChI is InChI=1S/C19H14FN3O/c20-14-6-2-3-7-15(14)23-19-13(9-10-21-19)18(22-23)17-11-12-5-1-4-8-16(12)24-17/h1-8,11,21H,9-10H2. The quantitative estimate of drug-likeness (QED) is 0.596. The van der Waals surface area contributed by atoms with E-state index in [9.17, 15) is 4.39 Å². The normalized spacial score (nSPS) is 13.2. The number of hydrogen-bond acceptors (Lipinski definition) is 3. The number of para-hydroxylation sites is 2. The van der Waals surface area contributed by atoms with Gasteiger partial charge in [-0.1, -0.05) is 30.3 Å². The smallest absolute Gasteiger partial charge is 0.156 e. The van der Waals surface area contributed by atoms with E-state index >= 15 is 0 Å². The van der Waals surface area contributed by atoms with Crippen LogP contribution in [0.4, 0.5) is 10.2 Å². The van der Waals surface area contributed by atoms with Crippen molar-refractivity contribution < 1.29 is 8.81 Å². The average molecular weight is 319 g/mol. The Morgan fingerprint density at radius 3 is 2.79 bits per heavy atom. The molecule has 0 saturated carbocycles. The molecule has 2 aromatic carbocycles. The number of benzene rings is 2. The van der Waals surface area contributed by atoms with Gasteiger partial charge in [0.2, 0.25) is 0 Å². The van der Waals surface area contributed by atoms with Crippen LogP contribution in [-0.4, -0.2) is 16.3 Å². The molecule has 1 aliphatic rings. The Morgan fingerprint density at radius 2 is 1.92 bits per heavy atom. The second-order valence-electron chi connectivity index (χ2n) is 5.86. The molecule has 2 aromatic heterocycles.